The molecule has 0 aromatic carbocycles. The number of carbonyl (C=O) groups is 2. The molecule has 1 saturated carbocycles. The first kappa shape index (κ1) is 14.8. The van der Waals surface area contributed by atoms with Crippen molar-refractivity contribution in [1.29, 1.82) is 0 Å². The number of amides is 1. The number of allylic oxidation sites excluding steroid dienone is 4. The number of carbonyl (C=O) groups excluding carboxylic acids is 1. The molecule has 4 heteroatoms. The number of aliphatic carboxylic acids is 1. The summed E-state index contributed by atoms with van der Waals surface area (Å²) >= 11 is 0. The van der Waals surface area contributed by atoms with Crippen molar-refractivity contribution in [2.75, 3.05) is 0 Å². The third kappa shape index (κ3) is 3.11. The van der Waals surface area contributed by atoms with Crippen LogP contribution in [0.3, 0.4) is 0 Å². The summed E-state index contributed by atoms with van der Waals surface area (Å²) in [6.07, 6.45) is 12.7. The first-order chi connectivity index (χ1) is 9.55. The molecule has 1 fully saturated rings. The third-order valence-electron chi connectivity index (χ3n) is 4.55. The van der Waals surface area contributed by atoms with Crippen molar-refractivity contribution in [3.63, 3.8) is 0 Å². The monoisotopic (exact) mass is 277 g/mol. The van der Waals surface area contributed by atoms with Gasteiger partial charge in [0.05, 0.1) is 0 Å². The van der Waals surface area contributed by atoms with Crippen LogP contribution in [0, 0.1) is 11.8 Å². The van der Waals surface area contributed by atoms with Crippen LogP contribution in [0.2, 0.25) is 0 Å². The lowest BCUT2D eigenvalue weighted by Crippen LogP contribution is -2.57. The summed E-state index contributed by atoms with van der Waals surface area (Å²) in [5, 5.41) is 12.3. The Hall–Kier alpha value is -1.58. The SMILES string of the molecule is C[C@H](C(=O)NC1(C(=O)O)CCCCC1)C1C=CC=CC1. The predicted molar refractivity (Wildman–Crippen MR) is 77.1 cm³/mol. The molecule has 2 rings (SSSR count). The molecule has 0 bridgehead atoms. The highest BCUT2D eigenvalue weighted by molar-refractivity contribution is 5.88. The Labute approximate surface area is 119 Å². The highest BCUT2D eigenvalue weighted by Crippen LogP contribution is 2.30. The molecule has 0 aliphatic heterocycles. The maximum absolute atomic E-state index is 12.4. The molecule has 2 atom stereocenters. The quantitative estimate of drug-likeness (QED) is 0.830. The van der Waals surface area contributed by atoms with Gasteiger partial charge in [-0.25, -0.2) is 4.79 Å². The van der Waals surface area contributed by atoms with Crippen molar-refractivity contribution in [3.05, 3.63) is 24.3 Å². The van der Waals surface area contributed by atoms with Crippen molar-refractivity contribution in [2.24, 2.45) is 11.8 Å². The smallest absolute Gasteiger partial charge is 0.329 e. The molecule has 1 amide bonds. The lowest BCUT2D eigenvalue weighted by molar-refractivity contribution is -0.150. The lowest BCUT2D eigenvalue weighted by atomic mass is 9.80. The number of rotatable bonds is 4. The standard InChI is InChI=1S/C16H23NO3/c1-12(13-8-4-2-5-9-13)14(18)17-16(15(19)20)10-6-3-7-11-16/h2,4-5,8,12-13H,3,6-7,9-11H2,1H3,(H,17,18)(H,19,20)/t12-,13?/m0/s1. The summed E-state index contributed by atoms with van der Waals surface area (Å²) < 4.78 is 0. The minimum absolute atomic E-state index is 0.140. The molecular formula is C16H23NO3. The van der Waals surface area contributed by atoms with Gasteiger partial charge in [0.1, 0.15) is 5.54 Å². The topological polar surface area (TPSA) is 66.4 Å². The van der Waals surface area contributed by atoms with E-state index in [0.29, 0.717) is 12.8 Å². The lowest BCUT2D eigenvalue weighted by Gasteiger charge is -2.35. The number of hydrogen-bond acceptors (Lipinski definition) is 2. The van der Waals surface area contributed by atoms with Crippen molar-refractivity contribution in [2.45, 2.75) is 51.0 Å². The fraction of sp³-hybridized carbons (Fsp3) is 0.625. The fourth-order valence-electron chi connectivity index (χ4n) is 3.06. The van der Waals surface area contributed by atoms with Crippen molar-refractivity contribution in [1.82, 2.24) is 5.32 Å². The van der Waals surface area contributed by atoms with E-state index in [1.165, 1.54) is 0 Å². The zero-order valence-electron chi connectivity index (χ0n) is 12.0. The second kappa shape index (κ2) is 6.25. The molecule has 0 radical (unpaired) electrons. The van der Waals surface area contributed by atoms with Gasteiger partial charge < -0.3 is 10.4 Å². The van der Waals surface area contributed by atoms with Crippen LogP contribution in [0.1, 0.15) is 45.4 Å². The van der Waals surface area contributed by atoms with E-state index in [2.05, 4.69) is 5.32 Å². The maximum atomic E-state index is 12.4. The van der Waals surface area contributed by atoms with E-state index in [1.54, 1.807) is 0 Å². The normalized spacial score (nSPS) is 25.9. The second-order valence-electron chi connectivity index (χ2n) is 5.94. The predicted octanol–water partition coefficient (Wildman–Crippen LogP) is 2.66. The van der Waals surface area contributed by atoms with Gasteiger partial charge in [-0.3, -0.25) is 4.79 Å². The highest BCUT2D eigenvalue weighted by Gasteiger charge is 2.42. The van der Waals surface area contributed by atoms with Gasteiger partial charge in [0, 0.05) is 5.92 Å². The van der Waals surface area contributed by atoms with Gasteiger partial charge in [-0.2, -0.15) is 0 Å². The van der Waals surface area contributed by atoms with Crippen LogP contribution in [-0.4, -0.2) is 22.5 Å². The van der Waals surface area contributed by atoms with Gasteiger partial charge >= 0.3 is 5.97 Å². The van der Waals surface area contributed by atoms with E-state index in [0.717, 1.165) is 25.7 Å². The Morgan fingerprint density at radius 1 is 1.25 bits per heavy atom. The molecule has 0 spiro atoms. The summed E-state index contributed by atoms with van der Waals surface area (Å²) in [5.41, 5.74) is -1.04. The van der Waals surface area contributed by atoms with Gasteiger partial charge in [-0.15, -0.1) is 0 Å². The molecule has 20 heavy (non-hydrogen) atoms. The molecule has 0 heterocycles. The summed E-state index contributed by atoms with van der Waals surface area (Å²) in [7, 11) is 0. The first-order valence-electron chi connectivity index (χ1n) is 7.44. The Balaban J connectivity index is 2.02. The maximum Gasteiger partial charge on any atom is 0.329 e. The van der Waals surface area contributed by atoms with Gasteiger partial charge in [0.2, 0.25) is 5.91 Å². The molecule has 2 aliphatic carbocycles. The van der Waals surface area contributed by atoms with Crippen LogP contribution in [-0.2, 0) is 9.59 Å². The highest BCUT2D eigenvalue weighted by atomic mass is 16.4. The number of carboxylic acid groups (broad SMARTS) is 1. The van der Waals surface area contributed by atoms with Gasteiger partial charge in [0.15, 0.2) is 0 Å². The molecular weight excluding hydrogens is 254 g/mol. The summed E-state index contributed by atoms with van der Waals surface area (Å²) in [6, 6.07) is 0. The molecule has 2 aliphatic rings. The van der Waals surface area contributed by atoms with Crippen molar-refractivity contribution in [3.8, 4) is 0 Å². The van der Waals surface area contributed by atoms with Gasteiger partial charge in [0.25, 0.3) is 0 Å². The molecule has 0 saturated heterocycles. The zero-order chi connectivity index (χ0) is 14.6. The number of nitrogens with one attached hydrogen (secondary N) is 1. The minimum atomic E-state index is -1.04. The summed E-state index contributed by atoms with van der Waals surface area (Å²) in [4.78, 5) is 24.0. The van der Waals surface area contributed by atoms with Crippen LogP contribution < -0.4 is 5.32 Å². The number of hydrogen-bond donors (Lipinski definition) is 2. The average molecular weight is 277 g/mol. The molecule has 2 N–H and O–H groups in total. The van der Waals surface area contributed by atoms with E-state index in [4.69, 9.17) is 0 Å². The van der Waals surface area contributed by atoms with E-state index in [9.17, 15) is 14.7 Å². The second-order valence-corrected chi connectivity index (χ2v) is 5.94. The third-order valence-corrected chi connectivity index (χ3v) is 4.55. The van der Waals surface area contributed by atoms with Gasteiger partial charge in [-0.05, 0) is 25.2 Å². The van der Waals surface area contributed by atoms with E-state index in [1.807, 2.05) is 31.2 Å². The zero-order valence-corrected chi connectivity index (χ0v) is 12.0. The molecule has 110 valence electrons. The molecule has 0 aromatic rings. The molecule has 1 unspecified atom stereocenters. The Morgan fingerprint density at radius 2 is 1.95 bits per heavy atom. The Kier molecular flexibility index (Phi) is 4.63. The van der Waals surface area contributed by atoms with Gasteiger partial charge in [-0.1, -0.05) is 50.5 Å². The average Bonchev–Trinajstić information content (AvgIpc) is 2.48. The van der Waals surface area contributed by atoms with Crippen LogP contribution in [0.4, 0.5) is 0 Å². The number of carboxylic acids is 1. The Morgan fingerprint density at radius 3 is 2.50 bits per heavy atom. The minimum Gasteiger partial charge on any atom is -0.480 e. The van der Waals surface area contributed by atoms with Crippen LogP contribution in [0.15, 0.2) is 24.3 Å². The van der Waals surface area contributed by atoms with E-state index < -0.39 is 11.5 Å². The van der Waals surface area contributed by atoms with E-state index in [-0.39, 0.29) is 17.7 Å². The fourth-order valence-corrected chi connectivity index (χ4v) is 3.06. The first-order valence-corrected chi connectivity index (χ1v) is 7.44. The van der Waals surface area contributed by atoms with Crippen molar-refractivity contribution >= 4 is 11.9 Å². The largest absolute Gasteiger partial charge is 0.480 e. The van der Waals surface area contributed by atoms with Crippen LogP contribution in [0.25, 0.3) is 0 Å². The summed E-state index contributed by atoms with van der Waals surface area (Å²) in [6.45, 7) is 1.88. The Bertz CT molecular complexity index is 433. The molecule has 0 aromatic heterocycles. The van der Waals surface area contributed by atoms with Crippen molar-refractivity contribution < 1.29 is 14.7 Å². The summed E-state index contributed by atoms with van der Waals surface area (Å²) in [5.74, 6) is -1.07. The molecule has 4 nitrogen and oxygen atoms in total. The van der Waals surface area contributed by atoms with Crippen LogP contribution in [0.5, 0.6) is 0 Å². The van der Waals surface area contributed by atoms with E-state index >= 15 is 0 Å². The van der Waals surface area contributed by atoms with Crippen LogP contribution >= 0.6 is 0 Å².